The third-order valence-corrected chi connectivity index (χ3v) is 5.24. The van der Waals surface area contributed by atoms with Gasteiger partial charge in [0.05, 0.1) is 12.3 Å². The number of ether oxygens (including phenoxy) is 1. The van der Waals surface area contributed by atoms with Crippen LogP contribution in [0.3, 0.4) is 0 Å². The quantitative estimate of drug-likeness (QED) is 0.589. The molecule has 0 fully saturated rings. The van der Waals surface area contributed by atoms with Crippen LogP contribution >= 0.6 is 11.3 Å². The number of para-hydroxylation sites is 1. The maximum absolute atomic E-state index is 5.87. The Morgan fingerprint density at radius 3 is 2.81 bits per heavy atom. The third kappa shape index (κ3) is 2.42. The average molecular weight is 362 g/mol. The zero-order valence-electron chi connectivity index (χ0n) is 13.7. The van der Waals surface area contributed by atoms with Crippen molar-refractivity contribution in [2.75, 3.05) is 12.3 Å². The minimum atomic E-state index is 0.446. The van der Waals surface area contributed by atoms with E-state index in [1.165, 1.54) is 0 Å². The van der Waals surface area contributed by atoms with E-state index in [9.17, 15) is 0 Å². The summed E-state index contributed by atoms with van der Waals surface area (Å²) in [5, 5.41) is 5.16. The molecule has 7 nitrogen and oxygen atoms in total. The van der Waals surface area contributed by atoms with Gasteiger partial charge >= 0.3 is 0 Å². The molecule has 0 spiro atoms. The predicted molar refractivity (Wildman–Crippen MR) is 99.3 cm³/mol. The summed E-state index contributed by atoms with van der Waals surface area (Å²) in [6.07, 6.45) is 2.31. The topological polar surface area (TPSA) is 91.7 Å². The largest absolute Gasteiger partial charge is 0.491 e. The highest BCUT2D eigenvalue weighted by Gasteiger charge is 2.24. The molecule has 3 aromatic heterocycles. The van der Waals surface area contributed by atoms with Crippen molar-refractivity contribution >= 4 is 17.2 Å². The lowest BCUT2D eigenvalue weighted by atomic mass is 10.2. The zero-order valence-corrected chi connectivity index (χ0v) is 14.5. The van der Waals surface area contributed by atoms with Crippen molar-refractivity contribution in [1.82, 2.24) is 24.7 Å². The number of hydrogen-bond donors (Lipinski definition) is 1. The van der Waals surface area contributed by atoms with Gasteiger partial charge in [-0.2, -0.15) is 5.10 Å². The fourth-order valence-corrected chi connectivity index (χ4v) is 3.97. The molecule has 0 unspecified atom stereocenters. The second-order valence-corrected chi connectivity index (χ2v) is 6.89. The second-order valence-electron chi connectivity index (χ2n) is 5.80. The van der Waals surface area contributed by atoms with Gasteiger partial charge in [-0.1, -0.05) is 18.2 Å². The van der Waals surface area contributed by atoms with E-state index in [4.69, 9.17) is 15.5 Å². The van der Waals surface area contributed by atoms with E-state index < -0.39 is 0 Å². The standard InChI is InChI=1S/C18H14N6OS/c19-14-7-6-12-15(22-14)16-13(8-9-25-12)26-18(23-16)17-20-10-21-24(17)11-4-2-1-3-5-11/h1-7,10H,8-9H2,(H2,19,22). The Hall–Kier alpha value is -3.26. The van der Waals surface area contributed by atoms with Crippen molar-refractivity contribution in [2.24, 2.45) is 0 Å². The Labute approximate surface area is 153 Å². The molecule has 5 rings (SSSR count). The van der Waals surface area contributed by atoms with Gasteiger partial charge < -0.3 is 10.5 Å². The molecular weight excluding hydrogens is 348 g/mol. The lowest BCUT2D eigenvalue weighted by Crippen LogP contribution is -2.00. The van der Waals surface area contributed by atoms with Crippen molar-refractivity contribution in [3.8, 4) is 33.7 Å². The summed E-state index contributed by atoms with van der Waals surface area (Å²) in [4.78, 5) is 14.8. The van der Waals surface area contributed by atoms with Gasteiger partial charge in [-0.05, 0) is 24.3 Å². The highest BCUT2D eigenvalue weighted by atomic mass is 32.1. The van der Waals surface area contributed by atoms with Crippen LogP contribution in [0.4, 0.5) is 5.82 Å². The Kier molecular flexibility index (Phi) is 3.42. The van der Waals surface area contributed by atoms with Crippen molar-refractivity contribution in [3.63, 3.8) is 0 Å². The number of anilines is 1. The molecule has 0 amide bonds. The summed E-state index contributed by atoms with van der Waals surface area (Å²) in [5.74, 6) is 1.86. The molecule has 0 atom stereocenters. The number of nitrogens with two attached hydrogens (primary N) is 1. The van der Waals surface area contributed by atoms with Gasteiger partial charge in [0, 0.05) is 11.3 Å². The van der Waals surface area contributed by atoms with E-state index in [0.717, 1.165) is 27.7 Å². The zero-order chi connectivity index (χ0) is 17.5. The molecule has 2 N–H and O–H groups in total. The molecule has 1 aromatic carbocycles. The average Bonchev–Trinajstić information content (AvgIpc) is 3.27. The molecule has 26 heavy (non-hydrogen) atoms. The lowest BCUT2D eigenvalue weighted by Gasteiger charge is -2.06. The van der Waals surface area contributed by atoms with Gasteiger partial charge in [0.25, 0.3) is 0 Å². The number of pyridine rings is 1. The van der Waals surface area contributed by atoms with Crippen LogP contribution in [0.2, 0.25) is 0 Å². The monoisotopic (exact) mass is 362 g/mol. The van der Waals surface area contributed by atoms with E-state index in [1.807, 2.05) is 36.4 Å². The van der Waals surface area contributed by atoms with Crippen LogP contribution in [-0.2, 0) is 6.42 Å². The number of fused-ring (bicyclic) bond motifs is 3. The Morgan fingerprint density at radius 2 is 1.92 bits per heavy atom. The van der Waals surface area contributed by atoms with Gasteiger partial charge in [-0.3, -0.25) is 0 Å². The number of nitrogen functional groups attached to an aromatic ring is 1. The summed E-state index contributed by atoms with van der Waals surface area (Å²) in [6, 6.07) is 13.5. The number of aromatic nitrogens is 5. The van der Waals surface area contributed by atoms with Gasteiger partial charge in [-0.15, -0.1) is 11.3 Å². The lowest BCUT2D eigenvalue weighted by molar-refractivity contribution is 0.326. The van der Waals surface area contributed by atoms with E-state index in [0.29, 0.717) is 29.7 Å². The smallest absolute Gasteiger partial charge is 0.192 e. The molecule has 0 bridgehead atoms. The second kappa shape index (κ2) is 5.92. The summed E-state index contributed by atoms with van der Waals surface area (Å²) in [6.45, 7) is 0.582. The Morgan fingerprint density at radius 1 is 1.04 bits per heavy atom. The molecule has 1 aliphatic heterocycles. The Balaban J connectivity index is 1.66. The van der Waals surface area contributed by atoms with Crippen LogP contribution in [0.5, 0.6) is 5.75 Å². The fourth-order valence-electron chi connectivity index (χ4n) is 2.95. The van der Waals surface area contributed by atoms with Crippen LogP contribution in [-0.4, -0.2) is 31.3 Å². The van der Waals surface area contributed by atoms with Crippen LogP contribution in [0.15, 0.2) is 48.8 Å². The molecule has 4 aromatic rings. The van der Waals surface area contributed by atoms with Gasteiger partial charge in [0.1, 0.15) is 29.3 Å². The van der Waals surface area contributed by atoms with Crippen LogP contribution in [0.1, 0.15) is 4.88 Å². The number of nitrogens with zero attached hydrogens (tertiary/aromatic N) is 5. The highest BCUT2D eigenvalue weighted by Crippen LogP contribution is 2.39. The molecule has 4 heterocycles. The summed E-state index contributed by atoms with van der Waals surface area (Å²) >= 11 is 1.59. The third-order valence-electron chi connectivity index (χ3n) is 4.13. The number of benzene rings is 1. The SMILES string of the molecule is Nc1ccc2c(n1)-c1nc(-c3ncnn3-c3ccccc3)sc1CCO2. The summed E-state index contributed by atoms with van der Waals surface area (Å²) in [7, 11) is 0. The van der Waals surface area contributed by atoms with E-state index in [2.05, 4.69) is 15.1 Å². The summed E-state index contributed by atoms with van der Waals surface area (Å²) in [5.41, 5.74) is 8.31. The minimum absolute atomic E-state index is 0.446. The van der Waals surface area contributed by atoms with E-state index in [-0.39, 0.29) is 0 Å². The predicted octanol–water partition coefficient (Wildman–Crippen LogP) is 2.97. The van der Waals surface area contributed by atoms with Crippen LogP contribution in [0, 0.1) is 0 Å². The van der Waals surface area contributed by atoms with Crippen molar-refractivity contribution < 1.29 is 4.74 Å². The fraction of sp³-hybridized carbons (Fsp3) is 0.111. The molecule has 0 saturated carbocycles. The molecule has 1 aliphatic rings. The van der Waals surface area contributed by atoms with Crippen LogP contribution < -0.4 is 10.5 Å². The molecule has 8 heteroatoms. The molecule has 0 aliphatic carbocycles. The molecular formula is C18H14N6OS. The first-order valence-electron chi connectivity index (χ1n) is 8.15. The van der Waals surface area contributed by atoms with Gasteiger partial charge in [-0.25, -0.2) is 19.6 Å². The van der Waals surface area contributed by atoms with Gasteiger partial charge in [0.2, 0.25) is 0 Å². The van der Waals surface area contributed by atoms with E-state index in [1.54, 1.807) is 28.4 Å². The number of rotatable bonds is 2. The van der Waals surface area contributed by atoms with Crippen molar-refractivity contribution in [3.05, 3.63) is 53.7 Å². The highest BCUT2D eigenvalue weighted by molar-refractivity contribution is 7.15. The maximum Gasteiger partial charge on any atom is 0.192 e. The van der Waals surface area contributed by atoms with Crippen molar-refractivity contribution in [1.29, 1.82) is 0 Å². The van der Waals surface area contributed by atoms with E-state index >= 15 is 0 Å². The van der Waals surface area contributed by atoms with Crippen molar-refractivity contribution in [2.45, 2.75) is 6.42 Å². The normalized spacial score (nSPS) is 12.8. The molecule has 0 saturated heterocycles. The minimum Gasteiger partial charge on any atom is -0.491 e. The number of hydrogen-bond acceptors (Lipinski definition) is 7. The first kappa shape index (κ1) is 15.0. The molecule has 0 radical (unpaired) electrons. The first-order chi connectivity index (χ1) is 12.8. The Bertz CT molecular complexity index is 1090. The molecule has 128 valence electrons. The van der Waals surface area contributed by atoms with Crippen LogP contribution in [0.25, 0.3) is 27.9 Å². The summed E-state index contributed by atoms with van der Waals surface area (Å²) < 4.78 is 7.58. The first-order valence-corrected chi connectivity index (χ1v) is 8.96. The van der Waals surface area contributed by atoms with Gasteiger partial charge in [0.15, 0.2) is 10.8 Å². The maximum atomic E-state index is 5.87. The number of thiazole rings is 1.